The minimum absolute atomic E-state index is 0.166. The molecule has 122 valence electrons. The number of amides is 2. The van der Waals surface area contributed by atoms with Crippen LogP contribution in [-0.2, 0) is 4.74 Å². The molecule has 1 aliphatic heterocycles. The SMILES string of the molecule is CC(CNC(=O)Nc1ccc2ccccc2c1)N1CCOCC1. The molecule has 23 heavy (non-hydrogen) atoms. The summed E-state index contributed by atoms with van der Waals surface area (Å²) < 4.78 is 5.35. The number of nitrogens with one attached hydrogen (secondary N) is 2. The predicted molar refractivity (Wildman–Crippen MR) is 92.8 cm³/mol. The summed E-state index contributed by atoms with van der Waals surface area (Å²) in [6.07, 6.45) is 0. The first-order valence-electron chi connectivity index (χ1n) is 8.08. The largest absolute Gasteiger partial charge is 0.379 e. The molecule has 1 fully saturated rings. The summed E-state index contributed by atoms with van der Waals surface area (Å²) in [4.78, 5) is 14.4. The Kier molecular flexibility index (Phi) is 5.10. The van der Waals surface area contributed by atoms with Crippen molar-refractivity contribution in [3.05, 3.63) is 42.5 Å². The molecule has 1 unspecified atom stereocenters. The highest BCUT2D eigenvalue weighted by Gasteiger charge is 2.17. The highest BCUT2D eigenvalue weighted by molar-refractivity contribution is 5.93. The van der Waals surface area contributed by atoms with Gasteiger partial charge in [-0.05, 0) is 29.8 Å². The summed E-state index contributed by atoms with van der Waals surface area (Å²) in [6.45, 7) is 6.15. The standard InChI is InChI=1S/C18H23N3O2/c1-14(21-8-10-23-11-9-21)13-19-18(22)20-17-7-6-15-4-2-3-5-16(15)12-17/h2-7,12,14H,8-11,13H2,1H3,(H2,19,20,22). The van der Waals surface area contributed by atoms with E-state index in [-0.39, 0.29) is 6.03 Å². The third-order valence-corrected chi connectivity index (χ3v) is 4.23. The van der Waals surface area contributed by atoms with Crippen LogP contribution in [0.3, 0.4) is 0 Å². The van der Waals surface area contributed by atoms with Crippen LogP contribution in [0.5, 0.6) is 0 Å². The lowest BCUT2D eigenvalue weighted by atomic mass is 10.1. The van der Waals surface area contributed by atoms with Crippen LogP contribution in [0.1, 0.15) is 6.92 Å². The molecule has 2 aromatic rings. The van der Waals surface area contributed by atoms with Crippen LogP contribution < -0.4 is 10.6 Å². The third kappa shape index (κ3) is 4.21. The van der Waals surface area contributed by atoms with E-state index in [0.29, 0.717) is 12.6 Å². The first kappa shape index (κ1) is 15.8. The number of morpholine rings is 1. The number of carbonyl (C=O) groups excluding carboxylic acids is 1. The van der Waals surface area contributed by atoms with E-state index in [4.69, 9.17) is 4.74 Å². The number of benzene rings is 2. The average Bonchev–Trinajstić information content (AvgIpc) is 2.60. The molecular weight excluding hydrogens is 290 g/mol. The van der Waals surface area contributed by atoms with Crippen molar-refractivity contribution >= 4 is 22.5 Å². The van der Waals surface area contributed by atoms with Crippen molar-refractivity contribution in [3.63, 3.8) is 0 Å². The zero-order valence-corrected chi connectivity index (χ0v) is 13.4. The number of nitrogens with zero attached hydrogens (tertiary/aromatic N) is 1. The maximum absolute atomic E-state index is 12.1. The van der Waals surface area contributed by atoms with Gasteiger partial charge in [0.15, 0.2) is 0 Å². The Labute approximate surface area is 136 Å². The quantitative estimate of drug-likeness (QED) is 0.912. The van der Waals surface area contributed by atoms with Gasteiger partial charge in [0.05, 0.1) is 13.2 Å². The lowest BCUT2D eigenvalue weighted by molar-refractivity contribution is 0.0209. The van der Waals surface area contributed by atoms with Crippen LogP contribution in [0.2, 0.25) is 0 Å². The van der Waals surface area contributed by atoms with Crippen LogP contribution in [0.4, 0.5) is 10.5 Å². The molecule has 1 heterocycles. The summed E-state index contributed by atoms with van der Waals surface area (Å²) in [7, 11) is 0. The van der Waals surface area contributed by atoms with Gasteiger partial charge in [-0.15, -0.1) is 0 Å². The van der Waals surface area contributed by atoms with Crippen molar-refractivity contribution in [1.82, 2.24) is 10.2 Å². The van der Waals surface area contributed by atoms with Gasteiger partial charge >= 0.3 is 6.03 Å². The number of urea groups is 1. The molecule has 1 aliphatic rings. The average molecular weight is 313 g/mol. The van der Waals surface area contributed by atoms with E-state index in [2.05, 4.69) is 28.5 Å². The van der Waals surface area contributed by atoms with Gasteiger partial charge in [0, 0.05) is 31.4 Å². The molecule has 2 aromatic carbocycles. The van der Waals surface area contributed by atoms with E-state index < -0.39 is 0 Å². The fraction of sp³-hybridized carbons (Fsp3) is 0.389. The summed E-state index contributed by atoms with van der Waals surface area (Å²) >= 11 is 0. The molecule has 3 rings (SSSR count). The van der Waals surface area contributed by atoms with E-state index in [0.717, 1.165) is 37.4 Å². The van der Waals surface area contributed by atoms with E-state index in [1.165, 1.54) is 5.39 Å². The summed E-state index contributed by atoms with van der Waals surface area (Å²) in [5.41, 5.74) is 0.806. The summed E-state index contributed by atoms with van der Waals surface area (Å²) in [5.74, 6) is 0. The van der Waals surface area contributed by atoms with Gasteiger partial charge in [-0.2, -0.15) is 0 Å². The zero-order valence-electron chi connectivity index (χ0n) is 13.4. The molecule has 5 nitrogen and oxygen atoms in total. The molecule has 2 amide bonds. The van der Waals surface area contributed by atoms with Crippen LogP contribution in [0.15, 0.2) is 42.5 Å². The van der Waals surface area contributed by atoms with Gasteiger partial charge in [0.1, 0.15) is 0 Å². The van der Waals surface area contributed by atoms with Gasteiger partial charge < -0.3 is 15.4 Å². The minimum atomic E-state index is -0.166. The Morgan fingerprint density at radius 3 is 2.70 bits per heavy atom. The third-order valence-electron chi connectivity index (χ3n) is 4.23. The predicted octanol–water partition coefficient (Wildman–Crippen LogP) is 2.68. The summed E-state index contributed by atoms with van der Waals surface area (Å²) in [5, 5.41) is 8.13. The van der Waals surface area contributed by atoms with Crippen molar-refractivity contribution in [2.24, 2.45) is 0 Å². The van der Waals surface area contributed by atoms with Crippen LogP contribution >= 0.6 is 0 Å². The Hall–Kier alpha value is -2.11. The maximum atomic E-state index is 12.1. The number of ether oxygens (including phenoxy) is 1. The van der Waals surface area contributed by atoms with Gasteiger partial charge in [-0.3, -0.25) is 4.90 Å². The van der Waals surface area contributed by atoms with Crippen LogP contribution in [0, 0.1) is 0 Å². The molecule has 1 saturated heterocycles. The molecule has 0 aliphatic carbocycles. The Balaban J connectivity index is 1.51. The number of hydrogen-bond donors (Lipinski definition) is 2. The maximum Gasteiger partial charge on any atom is 0.319 e. The lowest BCUT2D eigenvalue weighted by Crippen LogP contribution is -2.47. The van der Waals surface area contributed by atoms with Crippen molar-refractivity contribution in [3.8, 4) is 0 Å². The number of hydrogen-bond acceptors (Lipinski definition) is 3. The Morgan fingerprint density at radius 2 is 1.91 bits per heavy atom. The second kappa shape index (κ2) is 7.44. The lowest BCUT2D eigenvalue weighted by Gasteiger charge is -2.32. The number of anilines is 1. The fourth-order valence-corrected chi connectivity index (χ4v) is 2.83. The monoisotopic (exact) mass is 313 g/mol. The topological polar surface area (TPSA) is 53.6 Å². The highest BCUT2D eigenvalue weighted by Crippen LogP contribution is 2.18. The molecular formula is C18H23N3O2. The second-order valence-electron chi connectivity index (χ2n) is 5.89. The minimum Gasteiger partial charge on any atom is -0.379 e. The smallest absolute Gasteiger partial charge is 0.319 e. The Morgan fingerprint density at radius 1 is 1.17 bits per heavy atom. The van der Waals surface area contributed by atoms with Crippen LogP contribution in [-0.4, -0.2) is 49.8 Å². The van der Waals surface area contributed by atoms with Gasteiger partial charge in [0.25, 0.3) is 0 Å². The molecule has 0 bridgehead atoms. The number of carbonyl (C=O) groups is 1. The van der Waals surface area contributed by atoms with Crippen molar-refractivity contribution in [1.29, 1.82) is 0 Å². The fourth-order valence-electron chi connectivity index (χ4n) is 2.83. The highest BCUT2D eigenvalue weighted by atomic mass is 16.5. The molecule has 5 heteroatoms. The van der Waals surface area contributed by atoms with Gasteiger partial charge in [0.2, 0.25) is 0 Å². The second-order valence-corrected chi connectivity index (χ2v) is 5.89. The molecule has 2 N–H and O–H groups in total. The van der Waals surface area contributed by atoms with Gasteiger partial charge in [-0.1, -0.05) is 30.3 Å². The molecule has 0 aromatic heterocycles. The zero-order chi connectivity index (χ0) is 16.1. The Bertz CT molecular complexity index is 668. The summed E-state index contributed by atoms with van der Waals surface area (Å²) in [6, 6.07) is 14.2. The van der Waals surface area contributed by atoms with E-state index in [1.807, 2.05) is 36.4 Å². The van der Waals surface area contributed by atoms with E-state index in [9.17, 15) is 4.79 Å². The van der Waals surface area contributed by atoms with Crippen molar-refractivity contribution in [2.75, 3.05) is 38.2 Å². The van der Waals surface area contributed by atoms with E-state index in [1.54, 1.807) is 0 Å². The number of fused-ring (bicyclic) bond motifs is 1. The first-order chi connectivity index (χ1) is 11.2. The number of rotatable bonds is 4. The van der Waals surface area contributed by atoms with E-state index >= 15 is 0 Å². The molecule has 0 spiro atoms. The molecule has 0 saturated carbocycles. The van der Waals surface area contributed by atoms with Crippen molar-refractivity contribution in [2.45, 2.75) is 13.0 Å². The molecule has 0 radical (unpaired) electrons. The van der Waals surface area contributed by atoms with Gasteiger partial charge in [-0.25, -0.2) is 4.79 Å². The normalized spacial score (nSPS) is 16.9. The first-order valence-corrected chi connectivity index (χ1v) is 8.08. The van der Waals surface area contributed by atoms with Crippen LogP contribution in [0.25, 0.3) is 10.8 Å². The molecule has 1 atom stereocenters. The van der Waals surface area contributed by atoms with Crippen molar-refractivity contribution < 1.29 is 9.53 Å².